The predicted octanol–water partition coefficient (Wildman–Crippen LogP) is 8.92. The second-order valence-electron chi connectivity index (χ2n) is 12.2. The van der Waals surface area contributed by atoms with Crippen LogP contribution in [-0.2, 0) is 12.0 Å². The molecule has 8 nitrogen and oxygen atoms in total. The van der Waals surface area contributed by atoms with E-state index in [2.05, 4.69) is 128 Å². The summed E-state index contributed by atoms with van der Waals surface area (Å²) in [7, 11) is -0.836. The monoisotopic (exact) mass is 633 g/mol. The first-order valence-corrected chi connectivity index (χ1v) is 17.6. The van der Waals surface area contributed by atoms with Crippen molar-refractivity contribution in [2.24, 2.45) is 4.74 Å². The number of rotatable bonds is 8. The number of aryl methyl sites for hydroxylation is 1. The number of para-hydroxylation sites is 2. The van der Waals surface area contributed by atoms with Crippen molar-refractivity contribution in [3.63, 3.8) is 0 Å². The van der Waals surface area contributed by atoms with E-state index in [-0.39, 0.29) is 17.0 Å². The molecule has 0 radical (unpaired) electrons. The molecule has 9 heteroatoms. The summed E-state index contributed by atoms with van der Waals surface area (Å²) >= 11 is 0. The molecule has 1 amide bonds. The van der Waals surface area contributed by atoms with Gasteiger partial charge in [-0.25, -0.2) is 4.74 Å². The molecule has 46 heavy (non-hydrogen) atoms. The molecule has 0 aliphatic carbocycles. The van der Waals surface area contributed by atoms with Crippen LogP contribution in [0, 0.1) is 10.1 Å². The molecule has 0 spiro atoms. The Balaban J connectivity index is 1.69. The average Bonchev–Trinajstić information content (AvgIpc) is 3.49. The van der Waals surface area contributed by atoms with Gasteiger partial charge in [0.2, 0.25) is 0 Å². The van der Waals surface area contributed by atoms with Gasteiger partial charge in [0.05, 0.1) is 12.1 Å². The Morgan fingerprint density at radius 1 is 0.913 bits per heavy atom. The summed E-state index contributed by atoms with van der Waals surface area (Å²) in [5.41, 5.74) is 5.70. The smallest absolute Gasteiger partial charge is 0.277 e. The minimum Gasteiger partial charge on any atom is -0.347 e. The minimum atomic E-state index is -2.93. The van der Waals surface area contributed by atoms with Gasteiger partial charge >= 0.3 is 0 Å². The number of fused-ring (bicyclic) bond motifs is 4. The van der Waals surface area contributed by atoms with Crippen LogP contribution >= 0.6 is 7.21 Å². The van der Waals surface area contributed by atoms with Crippen molar-refractivity contribution in [1.29, 1.82) is 0 Å². The van der Waals surface area contributed by atoms with E-state index in [1.165, 1.54) is 40.7 Å². The summed E-state index contributed by atoms with van der Waals surface area (Å²) in [6.07, 6.45) is 0. The zero-order chi connectivity index (χ0) is 32.8. The highest BCUT2D eigenvalue weighted by molar-refractivity contribution is 7.75. The summed E-state index contributed by atoms with van der Waals surface area (Å²) < 4.78 is 9.88. The maximum Gasteiger partial charge on any atom is 0.277 e. The molecule has 1 aliphatic rings. The van der Waals surface area contributed by atoms with Crippen molar-refractivity contribution in [2.75, 3.05) is 25.0 Å². The zero-order valence-corrected chi connectivity index (χ0v) is 28.2. The van der Waals surface area contributed by atoms with E-state index in [9.17, 15) is 14.9 Å². The van der Waals surface area contributed by atoms with Crippen molar-refractivity contribution in [3.05, 3.63) is 124 Å². The number of non-ortho nitro benzene ring substituents is 1. The van der Waals surface area contributed by atoms with E-state index in [1.54, 1.807) is 0 Å². The lowest BCUT2D eigenvalue weighted by Gasteiger charge is -2.36. The van der Waals surface area contributed by atoms with Crippen LogP contribution in [0.3, 0.4) is 0 Å². The third-order valence-electron chi connectivity index (χ3n) is 9.42. The number of nitro groups is 1. The molecule has 1 atom stereocenters. The molecule has 5 aromatic rings. The van der Waals surface area contributed by atoms with Gasteiger partial charge in [-0.2, -0.15) is 0 Å². The molecule has 0 fully saturated rings. The number of aromatic nitrogens is 1. The van der Waals surface area contributed by atoms with Gasteiger partial charge in [-0.3, -0.25) is 19.6 Å². The first-order chi connectivity index (χ1) is 22.1. The Morgan fingerprint density at radius 2 is 1.57 bits per heavy atom. The average molecular weight is 634 g/mol. The molecule has 0 saturated carbocycles. The molecule has 1 aliphatic heterocycles. The molecule has 0 saturated heterocycles. The number of allylic oxidation sites excluding steroid dienone is 1. The molecule has 0 bridgehead atoms. The number of carbonyl (C=O) groups excluding carboxylic acids is 1. The predicted molar refractivity (Wildman–Crippen MR) is 190 cm³/mol. The second-order valence-corrected chi connectivity index (χ2v) is 15.0. The number of hydrogen-bond acceptors (Lipinski definition) is 4. The highest BCUT2D eigenvalue weighted by atomic mass is 31.2. The van der Waals surface area contributed by atoms with E-state index >= 15 is 0 Å². The number of anilines is 1. The van der Waals surface area contributed by atoms with E-state index in [1.807, 2.05) is 0 Å². The highest BCUT2D eigenvalue weighted by Crippen LogP contribution is 2.59. The summed E-state index contributed by atoms with van der Waals surface area (Å²) in [5, 5.41) is 14.6. The fraction of sp³-hybridized carbons (Fsp3) is 0.270. The minimum absolute atomic E-state index is 0.0617. The maximum absolute atomic E-state index is 14.2. The fourth-order valence-corrected chi connectivity index (χ4v) is 10.7. The largest absolute Gasteiger partial charge is 0.347 e. The van der Waals surface area contributed by atoms with E-state index in [0.717, 1.165) is 34.1 Å². The van der Waals surface area contributed by atoms with E-state index in [0.29, 0.717) is 18.7 Å². The standard InChI is InChI=1S/C37H40N5O3P/c1-7-40(8-2)46(38-36(43)26-18-20-27(21-19-26)42(44)45,25-35-37(4,5)31-15-11-13-17-34(31)39(35)6)28-22-23-33-30(24-28)29-14-10-12-16-32(29)41(33)9-3/h10-25H,7-9H2,1-6H3/b35-25-/t46-/m1/s1. The SMILES string of the molecule is CCN(CC)[P@@](/C=C1\N(C)c2ccccc2C1(C)C)(=NC(=O)c1ccc([N+](=O)[O-])cc1)c1ccc2c(c1)c1ccccc1n2CC. The molecule has 6 rings (SSSR count). The van der Waals surface area contributed by atoms with Crippen molar-refractivity contribution >= 4 is 51.6 Å². The molecule has 236 valence electrons. The van der Waals surface area contributed by atoms with Gasteiger partial charge < -0.3 is 9.47 Å². The molecule has 2 heterocycles. The number of hydrogen-bond donors (Lipinski definition) is 0. The quantitative estimate of drug-likeness (QED) is 0.0968. The van der Waals surface area contributed by atoms with Crippen LogP contribution in [-0.4, -0.2) is 40.2 Å². The highest BCUT2D eigenvalue weighted by Gasteiger charge is 2.41. The van der Waals surface area contributed by atoms with Crippen molar-refractivity contribution < 1.29 is 9.72 Å². The van der Waals surface area contributed by atoms with Crippen LogP contribution in [0.2, 0.25) is 0 Å². The summed E-state index contributed by atoms with van der Waals surface area (Å²) in [6, 6.07) is 29.2. The zero-order valence-electron chi connectivity index (χ0n) is 27.3. The number of carbonyl (C=O) groups is 1. The van der Waals surface area contributed by atoms with E-state index in [4.69, 9.17) is 4.74 Å². The van der Waals surface area contributed by atoms with Crippen molar-refractivity contribution in [3.8, 4) is 0 Å². The lowest BCUT2D eigenvalue weighted by atomic mass is 9.84. The Morgan fingerprint density at radius 3 is 2.22 bits per heavy atom. The lowest BCUT2D eigenvalue weighted by Crippen LogP contribution is -2.29. The van der Waals surface area contributed by atoms with Gasteiger partial charge in [-0.1, -0.05) is 64.1 Å². The van der Waals surface area contributed by atoms with Crippen LogP contribution < -0.4 is 10.2 Å². The van der Waals surface area contributed by atoms with Crippen LogP contribution in [0.15, 0.2) is 107 Å². The van der Waals surface area contributed by atoms with Crippen molar-refractivity contribution in [1.82, 2.24) is 9.24 Å². The topological polar surface area (TPSA) is 84.0 Å². The molecule has 1 aromatic heterocycles. The number of nitro benzene ring substituents is 1. The fourth-order valence-electron chi connectivity index (χ4n) is 7.03. The first kappa shape index (κ1) is 31.5. The Hall–Kier alpha value is -4.52. The number of likely N-dealkylation sites (N-methyl/N-ethyl adjacent to an activating group) is 1. The van der Waals surface area contributed by atoms with Gasteiger partial charge in [0.15, 0.2) is 0 Å². The third-order valence-corrected chi connectivity index (χ3v) is 13.0. The summed E-state index contributed by atoms with van der Waals surface area (Å²) in [6.45, 7) is 13.0. The lowest BCUT2D eigenvalue weighted by molar-refractivity contribution is -0.384. The van der Waals surface area contributed by atoms with Gasteiger partial charge in [0.1, 0.15) is 0 Å². The van der Waals surface area contributed by atoms with Gasteiger partial charge in [-0.15, -0.1) is 0 Å². The number of benzene rings is 4. The third kappa shape index (κ3) is 4.97. The van der Waals surface area contributed by atoms with Crippen LogP contribution in [0.25, 0.3) is 21.8 Å². The maximum atomic E-state index is 14.2. The molecule has 0 N–H and O–H groups in total. The normalized spacial score (nSPS) is 16.2. The number of amides is 1. The summed E-state index contributed by atoms with van der Waals surface area (Å²) in [5.74, 6) is 1.89. The Kier molecular flexibility index (Phi) is 8.21. The second kappa shape index (κ2) is 12.0. The van der Waals surface area contributed by atoms with Crippen LogP contribution in [0.5, 0.6) is 0 Å². The summed E-state index contributed by atoms with van der Waals surface area (Å²) in [4.78, 5) is 27.4. The van der Waals surface area contributed by atoms with Gasteiger partial charge in [-0.05, 0) is 60.8 Å². The first-order valence-electron chi connectivity index (χ1n) is 15.8. The van der Waals surface area contributed by atoms with Crippen molar-refractivity contribution in [2.45, 2.75) is 46.6 Å². The number of nitrogens with zero attached hydrogens (tertiary/aromatic N) is 5. The molecule has 0 unspecified atom stereocenters. The van der Waals surface area contributed by atoms with Gasteiger partial charge in [0.25, 0.3) is 11.6 Å². The van der Waals surface area contributed by atoms with Crippen LogP contribution in [0.4, 0.5) is 11.4 Å². The molecule has 4 aromatic carbocycles. The Labute approximate surface area is 270 Å². The molecular formula is C37H40N5O3P. The Bertz CT molecular complexity index is 2070. The van der Waals surface area contributed by atoms with E-state index < -0.39 is 12.1 Å². The molecular weight excluding hydrogens is 593 g/mol. The van der Waals surface area contributed by atoms with Crippen LogP contribution in [0.1, 0.15) is 50.5 Å². The van der Waals surface area contributed by atoms with Gasteiger partial charge in [0, 0.05) is 88.3 Å².